The molecule has 0 atom stereocenters. The van der Waals surface area contributed by atoms with Gasteiger partial charge in [-0.3, -0.25) is 9.78 Å². The summed E-state index contributed by atoms with van der Waals surface area (Å²) in [6.07, 6.45) is 9.44. The number of halogens is 4. The Kier molecular flexibility index (Phi) is 11.0. The molecular formula is C29H35Cl4N3O2. The number of carbonyl (C=O) groups excluding carboxylic acids is 1. The van der Waals surface area contributed by atoms with Gasteiger partial charge in [-0.1, -0.05) is 36.2 Å². The van der Waals surface area contributed by atoms with Crippen LogP contribution in [0.5, 0.6) is 5.75 Å². The third-order valence-electron chi connectivity index (χ3n) is 7.75. The van der Waals surface area contributed by atoms with Crippen molar-refractivity contribution in [2.45, 2.75) is 57.9 Å². The quantitative estimate of drug-likeness (QED) is 0.267. The smallest absolute Gasteiger partial charge is 0.166 e. The van der Waals surface area contributed by atoms with Crippen molar-refractivity contribution in [1.29, 1.82) is 0 Å². The maximum absolute atomic E-state index is 12.9. The van der Waals surface area contributed by atoms with E-state index >= 15 is 0 Å². The van der Waals surface area contributed by atoms with Crippen LogP contribution >= 0.6 is 48.0 Å². The number of phenols is 1. The largest absolute Gasteiger partial charge is 0.505 e. The number of benzene rings is 2. The first-order valence-corrected chi connectivity index (χ1v) is 13.8. The zero-order valence-electron chi connectivity index (χ0n) is 21.5. The van der Waals surface area contributed by atoms with E-state index in [1.54, 1.807) is 18.3 Å². The van der Waals surface area contributed by atoms with Crippen LogP contribution in [-0.4, -0.2) is 46.4 Å². The van der Waals surface area contributed by atoms with E-state index in [9.17, 15) is 9.90 Å². The molecule has 2 heterocycles. The zero-order valence-corrected chi connectivity index (χ0v) is 24.7. The van der Waals surface area contributed by atoms with Crippen LogP contribution in [0.1, 0.15) is 62.2 Å². The van der Waals surface area contributed by atoms with E-state index < -0.39 is 0 Å². The molecule has 2 N–H and O–H groups in total. The van der Waals surface area contributed by atoms with Gasteiger partial charge >= 0.3 is 0 Å². The Morgan fingerprint density at radius 2 is 1.68 bits per heavy atom. The lowest BCUT2D eigenvalue weighted by Gasteiger charge is -2.32. The summed E-state index contributed by atoms with van der Waals surface area (Å²) >= 11 is 12.4. The minimum atomic E-state index is -0.122. The molecule has 9 heteroatoms. The van der Waals surface area contributed by atoms with Gasteiger partial charge in [0.2, 0.25) is 0 Å². The number of likely N-dealkylation sites (tertiary alicyclic amines) is 1. The molecule has 0 bridgehead atoms. The SMILES string of the molecule is CCC(=O)c1cnc2ccc(-c3cc(Cl)c(O)c(Cl)c3)cc2c1NC1CCC(CN2CCCC2)CC1.Cl.Cl. The monoisotopic (exact) mass is 597 g/mol. The molecule has 2 aliphatic rings. The number of aromatic hydroxyl groups is 1. The van der Waals surface area contributed by atoms with Crippen LogP contribution in [0.25, 0.3) is 22.0 Å². The van der Waals surface area contributed by atoms with Gasteiger partial charge in [-0.15, -0.1) is 24.8 Å². The number of carbonyl (C=O) groups is 1. The Morgan fingerprint density at radius 3 is 2.32 bits per heavy atom. The summed E-state index contributed by atoms with van der Waals surface area (Å²) in [4.78, 5) is 20.1. The van der Waals surface area contributed by atoms with Gasteiger partial charge in [0.25, 0.3) is 0 Å². The number of pyridine rings is 1. The predicted octanol–water partition coefficient (Wildman–Crippen LogP) is 8.42. The number of rotatable bonds is 7. The van der Waals surface area contributed by atoms with E-state index in [2.05, 4.69) is 15.2 Å². The van der Waals surface area contributed by atoms with Gasteiger partial charge in [0.1, 0.15) is 0 Å². The van der Waals surface area contributed by atoms with E-state index in [0.717, 1.165) is 46.5 Å². The van der Waals surface area contributed by atoms with Crippen molar-refractivity contribution >= 4 is 70.4 Å². The number of hydrogen-bond acceptors (Lipinski definition) is 5. The van der Waals surface area contributed by atoms with Gasteiger partial charge < -0.3 is 15.3 Å². The molecule has 1 aromatic heterocycles. The highest BCUT2D eigenvalue weighted by atomic mass is 35.5. The first-order valence-electron chi connectivity index (χ1n) is 13.1. The molecule has 1 saturated carbocycles. The Labute approximate surface area is 247 Å². The number of anilines is 1. The molecule has 1 aliphatic carbocycles. The van der Waals surface area contributed by atoms with E-state index in [0.29, 0.717) is 18.0 Å². The number of ketones is 1. The molecule has 5 nitrogen and oxygen atoms in total. The lowest BCUT2D eigenvalue weighted by molar-refractivity contribution is 0.0988. The standard InChI is InChI=1S/C29H33Cl2N3O2.2ClH/c1-2-27(35)23-16-32-26-10-7-19(20-14-24(30)29(36)25(31)15-20)13-22(26)28(23)33-21-8-5-18(6-9-21)17-34-11-3-4-12-34;;/h7,10,13-16,18,21,36H,2-6,8-9,11-12,17H2,1H3,(H,32,33);2*1H. The maximum Gasteiger partial charge on any atom is 0.166 e. The second kappa shape index (κ2) is 13.5. The molecular weight excluding hydrogens is 564 g/mol. The fourth-order valence-electron chi connectivity index (χ4n) is 5.69. The highest BCUT2D eigenvalue weighted by Gasteiger charge is 2.26. The lowest BCUT2D eigenvalue weighted by atomic mass is 9.85. The van der Waals surface area contributed by atoms with Crippen molar-refractivity contribution < 1.29 is 9.90 Å². The Morgan fingerprint density at radius 1 is 1.03 bits per heavy atom. The van der Waals surface area contributed by atoms with Crippen LogP contribution in [0.15, 0.2) is 36.5 Å². The van der Waals surface area contributed by atoms with Crippen molar-refractivity contribution in [2.75, 3.05) is 25.0 Å². The Balaban J connectivity index is 0.00000200. The number of phenolic OH excluding ortho intramolecular Hbond substituents is 1. The lowest BCUT2D eigenvalue weighted by Crippen LogP contribution is -2.33. The minimum absolute atomic E-state index is 0. The Bertz CT molecular complexity index is 1250. The molecule has 0 unspecified atom stereocenters. The molecule has 5 rings (SSSR count). The van der Waals surface area contributed by atoms with Gasteiger partial charge in [-0.25, -0.2) is 0 Å². The van der Waals surface area contributed by atoms with Crippen molar-refractivity contribution in [1.82, 2.24) is 9.88 Å². The molecule has 3 aromatic rings. The van der Waals surface area contributed by atoms with Crippen LogP contribution in [0.4, 0.5) is 5.69 Å². The summed E-state index contributed by atoms with van der Waals surface area (Å²) in [7, 11) is 0. The van der Waals surface area contributed by atoms with Crippen LogP contribution < -0.4 is 5.32 Å². The number of fused-ring (bicyclic) bond motifs is 1. The molecule has 0 amide bonds. The van der Waals surface area contributed by atoms with Gasteiger partial charge in [0.15, 0.2) is 11.5 Å². The number of nitrogens with zero attached hydrogens (tertiary/aromatic N) is 2. The average Bonchev–Trinajstić information content (AvgIpc) is 3.40. The topological polar surface area (TPSA) is 65.5 Å². The summed E-state index contributed by atoms with van der Waals surface area (Å²) in [6, 6.07) is 9.69. The van der Waals surface area contributed by atoms with Crippen LogP contribution in [-0.2, 0) is 0 Å². The molecule has 38 heavy (non-hydrogen) atoms. The van der Waals surface area contributed by atoms with Gasteiger partial charge in [0.05, 0.1) is 26.8 Å². The molecule has 1 aliphatic heterocycles. The predicted molar refractivity (Wildman–Crippen MR) is 163 cm³/mol. The summed E-state index contributed by atoms with van der Waals surface area (Å²) in [5.74, 6) is 0.724. The minimum Gasteiger partial charge on any atom is -0.505 e. The number of hydrogen-bond donors (Lipinski definition) is 2. The third-order valence-corrected chi connectivity index (χ3v) is 8.33. The van der Waals surface area contributed by atoms with Gasteiger partial charge in [0, 0.05) is 30.6 Å². The summed E-state index contributed by atoms with van der Waals surface area (Å²) in [5, 5.41) is 15.1. The summed E-state index contributed by atoms with van der Waals surface area (Å²) in [5.41, 5.74) is 4.03. The van der Waals surface area contributed by atoms with E-state index in [-0.39, 0.29) is 46.4 Å². The molecule has 206 valence electrons. The van der Waals surface area contributed by atoms with Crippen molar-refractivity contribution in [2.24, 2.45) is 5.92 Å². The second-order valence-corrected chi connectivity index (χ2v) is 11.0. The molecule has 0 radical (unpaired) electrons. The molecule has 2 fully saturated rings. The van der Waals surface area contributed by atoms with Crippen molar-refractivity contribution in [3.63, 3.8) is 0 Å². The van der Waals surface area contributed by atoms with Crippen molar-refractivity contribution in [3.05, 3.63) is 52.1 Å². The van der Waals surface area contributed by atoms with Crippen LogP contribution in [0.2, 0.25) is 10.0 Å². The van der Waals surface area contributed by atoms with Crippen molar-refractivity contribution in [3.8, 4) is 16.9 Å². The maximum atomic E-state index is 12.9. The highest BCUT2D eigenvalue weighted by molar-refractivity contribution is 6.37. The van der Waals surface area contributed by atoms with E-state index in [1.165, 1.54) is 45.3 Å². The van der Waals surface area contributed by atoms with E-state index in [4.69, 9.17) is 23.2 Å². The first-order chi connectivity index (χ1) is 17.4. The highest BCUT2D eigenvalue weighted by Crippen LogP contribution is 2.39. The second-order valence-electron chi connectivity index (χ2n) is 10.2. The fourth-order valence-corrected chi connectivity index (χ4v) is 6.17. The van der Waals surface area contributed by atoms with E-state index in [1.807, 2.05) is 25.1 Å². The summed E-state index contributed by atoms with van der Waals surface area (Å²) < 4.78 is 0. The van der Waals surface area contributed by atoms with Gasteiger partial charge in [-0.2, -0.15) is 0 Å². The normalized spacial score (nSPS) is 19.6. The first kappa shape index (κ1) is 30.8. The van der Waals surface area contributed by atoms with Crippen LogP contribution in [0.3, 0.4) is 0 Å². The van der Waals surface area contributed by atoms with Gasteiger partial charge in [-0.05, 0) is 92.9 Å². The number of nitrogens with one attached hydrogen (secondary N) is 1. The molecule has 0 spiro atoms. The average molecular weight is 599 g/mol. The fraction of sp³-hybridized carbons (Fsp3) is 0.448. The molecule has 2 aromatic carbocycles. The number of Topliss-reactive ketones (excluding diaryl/α,β-unsaturated/α-hetero) is 1. The zero-order chi connectivity index (χ0) is 25.2. The molecule has 1 saturated heterocycles. The Hall–Kier alpha value is -1.76. The number of aromatic nitrogens is 1. The summed E-state index contributed by atoms with van der Waals surface area (Å²) in [6.45, 7) is 5.62. The van der Waals surface area contributed by atoms with Crippen LogP contribution in [0, 0.1) is 5.92 Å². The third kappa shape index (κ3) is 6.68.